The lowest BCUT2D eigenvalue weighted by atomic mass is 10.4. The fraction of sp³-hybridized carbons (Fsp3) is 0.500. The summed E-state index contributed by atoms with van der Waals surface area (Å²) in [6.45, 7) is 0.654. The fourth-order valence-electron chi connectivity index (χ4n) is 1.25. The normalized spacial score (nSPS) is 10.3. The van der Waals surface area contributed by atoms with E-state index in [1.54, 1.807) is 23.7 Å². The molecule has 1 heterocycles. The number of rotatable bonds is 5. The molecule has 0 aliphatic rings. The number of carbonyl (C=O) groups excluding carboxylic acids is 1. The maximum Gasteiger partial charge on any atom is 0.354 e. The fourth-order valence-corrected chi connectivity index (χ4v) is 1.25. The Labute approximate surface area is 88.2 Å². The van der Waals surface area contributed by atoms with Crippen molar-refractivity contribution in [2.45, 2.75) is 6.61 Å². The van der Waals surface area contributed by atoms with Crippen LogP contribution in [0, 0.1) is 0 Å². The summed E-state index contributed by atoms with van der Waals surface area (Å²) in [6, 6.07) is 3.48. The van der Waals surface area contributed by atoms with Crippen LogP contribution in [0.1, 0.15) is 16.2 Å². The lowest BCUT2D eigenvalue weighted by molar-refractivity contribution is 0.0585. The van der Waals surface area contributed by atoms with Gasteiger partial charge in [0.15, 0.2) is 0 Å². The second kappa shape index (κ2) is 5.53. The highest BCUT2D eigenvalue weighted by Crippen LogP contribution is 2.09. The van der Waals surface area contributed by atoms with Gasteiger partial charge in [-0.25, -0.2) is 4.79 Å². The van der Waals surface area contributed by atoms with Crippen molar-refractivity contribution in [3.63, 3.8) is 0 Å². The second-order valence-corrected chi connectivity index (χ2v) is 3.04. The number of aliphatic hydroxyl groups excluding tert-OH is 1. The van der Waals surface area contributed by atoms with Crippen molar-refractivity contribution >= 4 is 5.97 Å². The van der Waals surface area contributed by atoms with Gasteiger partial charge in [-0.1, -0.05) is 0 Å². The molecule has 0 aromatic carbocycles. The predicted molar refractivity (Wildman–Crippen MR) is 53.5 cm³/mol. The highest BCUT2D eigenvalue weighted by atomic mass is 16.5. The molecule has 0 bridgehead atoms. The van der Waals surface area contributed by atoms with Crippen LogP contribution in [0.2, 0.25) is 0 Å². The Hall–Kier alpha value is -1.33. The molecule has 0 aliphatic heterocycles. The van der Waals surface area contributed by atoms with Gasteiger partial charge in [0.2, 0.25) is 0 Å². The Bertz CT molecular complexity index is 332. The monoisotopic (exact) mass is 213 g/mol. The Balaban J connectivity index is 2.67. The number of esters is 1. The van der Waals surface area contributed by atoms with E-state index in [9.17, 15) is 4.79 Å². The number of ether oxygens (including phenoxy) is 2. The minimum atomic E-state index is -0.370. The third kappa shape index (κ3) is 2.81. The van der Waals surface area contributed by atoms with E-state index < -0.39 is 0 Å². The maximum atomic E-state index is 11.3. The quantitative estimate of drug-likeness (QED) is 0.565. The maximum absolute atomic E-state index is 11.3. The molecule has 1 aromatic rings. The summed E-state index contributed by atoms with van der Waals surface area (Å²) in [7, 11) is 3.11. The molecule has 0 fully saturated rings. The highest BCUT2D eigenvalue weighted by Gasteiger charge is 2.12. The van der Waals surface area contributed by atoms with Gasteiger partial charge in [0.25, 0.3) is 0 Å². The molecule has 0 spiro atoms. The van der Waals surface area contributed by atoms with Gasteiger partial charge in [0.1, 0.15) is 5.69 Å². The topological polar surface area (TPSA) is 60.7 Å². The van der Waals surface area contributed by atoms with Crippen molar-refractivity contribution in [3.05, 3.63) is 23.5 Å². The van der Waals surface area contributed by atoms with Crippen molar-refractivity contribution in [1.82, 2.24) is 4.57 Å². The summed E-state index contributed by atoms with van der Waals surface area (Å²) >= 11 is 0. The number of hydrogen-bond donors (Lipinski definition) is 1. The largest absolute Gasteiger partial charge is 0.464 e. The summed E-state index contributed by atoms with van der Waals surface area (Å²) in [4.78, 5) is 11.3. The minimum Gasteiger partial charge on any atom is -0.464 e. The third-order valence-electron chi connectivity index (χ3n) is 2.11. The van der Waals surface area contributed by atoms with E-state index in [1.807, 2.05) is 0 Å². The third-order valence-corrected chi connectivity index (χ3v) is 2.11. The first kappa shape index (κ1) is 11.7. The Kier molecular flexibility index (Phi) is 4.33. The number of aromatic nitrogens is 1. The standard InChI is InChI=1S/C10H15NO4/c1-11-8(7-15-6-5-12)3-4-9(11)10(13)14-2/h3-4,12H,5-7H2,1-2H3. The molecule has 5 nitrogen and oxygen atoms in total. The Morgan fingerprint density at radius 2 is 2.27 bits per heavy atom. The number of hydrogen-bond acceptors (Lipinski definition) is 4. The molecular weight excluding hydrogens is 198 g/mol. The van der Waals surface area contributed by atoms with Crippen LogP contribution in [-0.2, 0) is 23.1 Å². The van der Waals surface area contributed by atoms with Crippen LogP contribution >= 0.6 is 0 Å². The zero-order chi connectivity index (χ0) is 11.3. The summed E-state index contributed by atoms with van der Waals surface area (Å²) in [5.41, 5.74) is 1.35. The average molecular weight is 213 g/mol. The zero-order valence-corrected chi connectivity index (χ0v) is 8.90. The number of aliphatic hydroxyl groups is 1. The number of nitrogens with zero attached hydrogens (tertiary/aromatic N) is 1. The molecule has 5 heteroatoms. The van der Waals surface area contributed by atoms with E-state index >= 15 is 0 Å². The summed E-state index contributed by atoms with van der Waals surface area (Å²) in [5.74, 6) is -0.370. The van der Waals surface area contributed by atoms with E-state index in [0.29, 0.717) is 18.9 Å². The molecule has 1 aromatic heterocycles. The van der Waals surface area contributed by atoms with Gasteiger partial charge in [0.05, 0.1) is 26.9 Å². The van der Waals surface area contributed by atoms with E-state index in [0.717, 1.165) is 5.69 Å². The number of carbonyl (C=O) groups is 1. The van der Waals surface area contributed by atoms with Gasteiger partial charge < -0.3 is 19.1 Å². The van der Waals surface area contributed by atoms with Crippen LogP contribution in [0.25, 0.3) is 0 Å². The van der Waals surface area contributed by atoms with E-state index in [2.05, 4.69) is 4.74 Å². The van der Waals surface area contributed by atoms with E-state index in [-0.39, 0.29) is 12.6 Å². The molecule has 1 rings (SSSR count). The van der Waals surface area contributed by atoms with Crippen molar-refractivity contribution in [3.8, 4) is 0 Å². The zero-order valence-electron chi connectivity index (χ0n) is 8.90. The first-order valence-corrected chi connectivity index (χ1v) is 4.62. The van der Waals surface area contributed by atoms with Crippen LogP contribution < -0.4 is 0 Å². The van der Waals surface area contributed by atoms with Crippen LogP contribution in [-0.4, -0.2) is 36.0 Å². The van der Waals surface area contributed by atoms with Gasteiger partial charge >= 0.3 is 5.97 Å². The van der Waals surface area contributed by atoms with E-state index in [1.165, 1.54) is 7.11 Å². The molecule has 1 N–H and O–H groups in total. The second-order valence-electron chi connectivity index (χ2n) is 3.04. The van der Waals surface area contributed by atoms with Crippen LogP contribution in [0.5, 0.6) is 0 Å². The first-order valence-electron chi connectivity index (χ1n) is 4.62. The molecule has 0 aliphatic carbocycles. The van der Waals surface area contributed by atoms with Crippen molar-refractivity contribution in [2.24, 2.45) is 7.05 Å². The summed E-state index contributed by atoms with van der Waals surface area (Å²) < 4.78 is 11.5. The van der Waals surface area contributed by atoms with E-state index in [4.69, 9.17) is 9.84 Å². The molecule has 0 saturated carbocycles. The van der Waals surface area contributed by atoms with Gasteiger partial charge in [-0.05, 0) is 12.1 Å². The molecule has 0 saturated heterocycles. The van der Waals surface area contributed by atoms with Gasteiger partial charge in [0, 0.05) is 12.7 Å². The molecule has 0 radical (unpaired) electrons. The van der Waals surface area contributed by atoms with Crippen LogP contribution in [0.3, 0.4) is 0 Å². The minimum absolute atomic E-state index is 0.00567. The summed E-state index contributed by atoms with van der Waals surface area (Å²) in [5, 5.41) is 8.54. The molecule has 0 atom stereocenters. The molecule has 0 unspecified atom stereocenters. The van der Waals surface area contributed by atoms with Crippen molar-refractivity contribution < 1.29 is 19.4 Å². The van der Waals surface area contributed by atoms with Gasteiger partial charge in [-0.15, -0.1) is 0 Å². The SMILES string of the molecule is COC(=O)c1ccc(COCCO)n1C. The first-order chi connectivity index (χ1) is 7.20. The summed E-state index contributed by atoms with van der Waals surface area (Å²) in [6.07, 6.45) is 0. The highest BCUT2D eigenvalue weighted by molar-refractivity contribution is 5.87. The van der Waals surface area contributed by atoms with Crippen LogP contribution in [0.15, 0.2) is 12.1 Å². The smallest absolute Gasteiger partial charge is 0.354 e. The lowest BCUT2D eigenvalue weighted by Crippen LogP contribution is -2.10. The van der Waals surface area contributed by atoms with Gasteiger partial charge in [-0.2, -0.15) is 0 Å². The Morgan fingerprint density at radius 3 is 2.87 bits per heavy atom. The predicted octanol–water partition coefficient (Wildman–Crippen LogP) is 0.321. The number of methoxy groups -OCH3 is 1. The molecular formula is C10H15NO4. The molecule has 84 valence electrons. The Morgan fingerprint density at radius 1 is 1.53 bits per heavy atom. The van der Waals surface area contributed by atoms with Crippen molar-refractivity contribution in [2.75, 3.05) is 20.3 Å². The lowest BCUT2D eigenvalue weighted by Gasteiger charge is -2.06. The van der Waals surface area contributed by atoms with Crippen molar-refractivity contribution in [1.29, 1.82) is 0 Å². The molecule has 0 amide bonds. The van der Waals surface area contributed by atoms with Gasteiger partial charge in [-0.3, -0.25) is 0 Å². The van der Waals surface area contributed by atoms with Crippen LogP contribution in [0.4, 0.5) is 0 Å². The average Bonchev–Trinajstić information content (AvgIpc) is 2.60. The molecule has 15 heavy (non-hydrogen) atoms.